The third-order valence-electron chi connectivity index (χ3n) is 3.22. The lowest BCUT2D eigenvalue weighted by atomic mass is 10.1. The van der Waals surface area contributed by atoms with E-state index in [1.54, 1.807) is 29.8 Å². The van der Waals surface area contributed by atoms with E-state index in [0.717, 1.165) is 21.6 Å². The SMILES string of the molecule is CN(Cc1ccc(C(=O)O)cc1)c1ncnc2sccc12. The van der Waals surface area contributed by atoms with Crippen LogP contribution in [0.5, 0.6) is 0 Å². The molecule has 0 amide bonds. The predicted molar refractivity (Wildman–Crippen MR) is 82.9 cm³/mol. The van der Waals surface area contributed by atoms with Crippen molar-refractivity contribution in [3.8, 4) is 0 Å². The summed E-state index contributed by atoms with van der Waals surface area (Å²) in [6, 6.07) is 8.90. The summed E-state index contributed by atoms with van der Waals surface area (Å²) in [5.41, 5.74) is 1.33. The van der Waals surface area contributed by atoms with E-state index in [-0.39, 0.29) is 0 Å². The quantitative estimate of drug-likeness (QED) is 0.802. The summed E-state index contributed by atoms with van der Waals surface area (Å²) in [5.74, 6) is -0.0331. The second-order valence-electron chi connectivity index (χ2n) is 4.69. The molecule has 21 heavy (non-hydrogen) atoms. The molecule has 0 aliphatic rings. The van der Waals surface area contributed by atoms with Crippen molar-refractivity contribution < 1.29 is 9.90 Å². The van der Waals surface area contributed by atoms with Crippen LogP contribution in [0.2, 0.25) is 0 Å². The van der Waals surface area contributed by atoms with Crippen LogP contribution < -0.4 is 4.90 Å². The van der Waals surface area contributed by atoms with E-state index in [0.29, 0.717) is 12.1 Å². The first-order valence-electron chi connectivity index (χ1n) is 6.37. The molecular formula is C15H13N3O2S. The van der Waals surface area contributed by atoms with Crippen molar-refractivity contribution in [3.05, 3.63) is 53.2 Å². The van der Waals surface area contributed by atoms with Crippen LogP contribution >= 0.6 is 11.3 Å². The lowest BCUT2D eigenvalue weighted by molar-refractivity contribution is 0.0697. The predicted octanol–water partition coefficient (Wildman–Crippen LogP) is 3.03. The Labute approximate surface area is 125 Å². The van der Waals surface area contributed by atoms with Gasteiger partial charge >= 0.3 is 5.97 Å². The molecule has 1 N–H and O–H groups in total. The number of rotatable bonds is 4. The Bertz CT molecular complexity index is 783. The molecule has 0 spiro atoms. The van der Waals surface area contributed by atoms with Gasteiger partial charge in [0.15, 0.2) is 0 Å². The largest absolute Gasteiger partial charge is 0.478 e. The molecule has 0 bridgehead atoms. The third-order valence-corrected chi connectivity index (χ3v) is 4.04. The number of hydrogen-bond acceptors (Lipinski definition) is 5. The summed E-state index contributed by atoms with van der Waals surface area (Å²) < 4.78 is 0. The fourth-order valence-electron chi connectivity index (χ4n) is 2.18. The van der Waals surface area contributed by atoms with E-state index < -0.39 is 5.97 Å². The number of fused-ring (bicyclic) bond motifs is 1. The van der Waals surface area contributed by atoms with Gasteiger partial charge in [0.25, 0.3) is 0 Å². The zero-order chi connectivity index (χ0) is 14.8. The Hall–Kier alpha value is -2.47. The molecule has 0 aliphatic carbocycles. The first-order valence-corrected chi connectivity index (χ1v) is 7.24. The molecule has 1 aromatic carbocycles. The van der Waals surface area contributed by atoms with Crippen LogP contribution in [-0.4, -0.2) is 28.1 Å². The Morgan fingerprint density at radius 1 is 1.24 bits per heavy atom. The van der Waals surface area contributed by atoms with Crippen molar-refractivity contribution in [3.63, 3.8) is 0 Å². The van der Waals surface area contributed by atoms with Crippen LogP contribution in [0.4, 0.5) is 5.82 Å². The minimum Gasteiger partial charge on any atom is -0.478 e. The summed E-state index contributed by atoms with van der Waals surface area (Å²) in [7, 11) is 1.96. The molecule has 0 aliphatic heterocycles. The molecule has 3 aromatic rings. The second kappa shape index (κ2) is 5.49. The maximum absolute atomic E-state index is 10.8. The fraction of sp³-hybridized carbons (Fsp3) is 0.133. The van der Waals surface area contributed by atoms with E-state index in [9.17, 15) is 4.79 Å². The maximum atomic E-state index is 10.8. The van der Waals surface area contributed by atoms with E-state index in [4.69, 9.17) is 5.11 Å². The number of aromatic nitrogens is 2. The first-order chi connectivity index (χ1) is 10.1. The molecule has 2 heterocycles. The number of nitrogens with zero attached hydrogens (tertiary/aromatic N) is 3. The van der Waals surface area contributed by atoms with Gasteiger partial charge in [-0.05, 0) is 29.1 Å². The average molecular weight is 299 g/mol. The van der Waals surface area contributed by atoms with Gasteiger partial charge < -0.3 is 10.0 Å². The van der Waals surface area contributed by atoms with Crippen molar-refractivity contribution >= 4 is 33.3 Å². The molecular weight excluding hydrogens is 286 g/mol. The summed E-state index contributed by atoms with van der Waals surface area (Å²) in [6.07, 6.45) is 1.57. The smallest absolute Gasteiger partial charge is 0.335 e. The van der Waals surface area contributed by atoms with Gasteiger partial charge in [0.1, 0.15) is 17.0 Å². The standard InChI is InChI=1S/C15H13N3O2S/c1-18(8-10-2-4-11(5-3-10)15(19)20)13-12-6-7-21-14(12)17-9-16-13/h2-7,9H,8H2,1H3,(H,19,20). The topological polar surface area (TPSA) is 66.3 Å². The number of carboxylic acids is 1. The molecule has 0 unspecified atom stereocenters. The number of anilines is 1. The maximum Gasteiger partial charge on any atom is 0.335 e. The minimum atomic E-state index is -0.911. The van der Waals surface area contributed by atoms with Crippen LogP contribution in [0.1, 0.15) is 15.9 Å². The molecule has 0 radical (unpaired) electrons. The Kier molecular flexibility index (Phi) is 3.53. The van der Waals surface area contributed by atoms with Gasteiger partial charge in [-0.1, -0.05) is 12.1 Å². The highest BCUT2D eigenvalue weighted by atomic mass is 32.1. The Morgan fingerprint density at radius 3 is 2.71 bits per heavy atom. The number of aromatic carboxylic acids is 1. The van der Waals surface area contributed by atoms with E-state index in [1.165, 1.54) is 0 Å². The van der Waals surface area contributed by atoms with E-state index in [2.05, 4.69) is 9.97 Å². The lowest BCUT2D eigenvalue weighted by Gasteiger charge is -2.18. The van der Waals surface area contributed by atoms with Gasteiger partial charge in [-0.15, -0.1) is 11.3 Å². The van der Waals surface area contributed by atoms with Crippen molar-refractivity contribution in [2.75, 3.05) is 11.9 Å². The average Bonchev–Trinajstić information content (AvgIpc) is 2.96. The van der Waals surface area contributed by atoms with Crippen LogP contribution in [0.15, 0.2) is 42.0 Å². The van der Waals surface area contributed by atoms with Gasteiger partial charge in [-0.2, -0.15) is 0 Å². The molecule has 0 atom stereocenters. The van der Waals surface area contributed by atoms with Gasteiger partial charge in [-0.3, -0.25) is 0 Å². The number of carboxylic acid groups (broad SMARTS) is 1. The molecule has 3 rings (SSSR count). The molecule has 6 heteroatoms. The molecule has 0 saturated carbocycles. The van der Waals surface area contributed by atoms with Gasteiger partial charge in [0.05, 0.1) is 10.9 Å². The Balaban J connectivity index is 1.84. The fourth-order valence-corrected chi connectivity index (χ4v) is 2.91. The highest BCUT2D eigenvalue weighted by molar-refractivity contribution is 7.16. The number of carbonyl (C=O) groups is 1. The molecule has 0 saturated heterocycles. The van der Waals surface area contributed by atoms with Crippen LogP contribution in [0.3, 0.4) is 0 Å². The highest BCUT2D eigenvalue weighted by Gasteiger charge is 2.10. The van der Waals surface area contributed by atoms with Crippen molar-refractivity contribution in [1.82, 2.24) is 9.97 Å². The van der Waals surface area contributed by atoms with Gasteiger partial charge in [0, 0.05) is 13.6 Å². The summed E-state index contributed by atoms with van der Waals surface area (Å²) in [4.78, 5) is 22.4. The zero-order valence-electron chi connectivity index (χ0n) is 11.4. The lowest BCUT2D eigenvalue weighted by Crippen LogP contribution is -2.18. The van der Waals surface area contributed by atoms with Crippen LogP contribution in [0, 0.1) is 0 Å². The van der Waals surface area contributed by atoms with Crippen LogP contribution in [0.25, 0.3) is 10.2 Å². The van der Waals surface area contributed by atoms with Crippen molar-refractivity contribution in [2.24, 2.45) is 0 Å². The molecule has 2 aromatic heterocycles. The molecule has 5 nitrogen and oxygen atoms in total. The summed E-state index contributed by atoms with van der Waals surface area (Å²) >= 11 is 1.59. The highest BCUT2D eigenvalue weighted by Crippen LogP contribution is 2.26. The Morgan fingerprint density at radius 2 is 2.00 bits per heavy atom. The first kappa shape index (κ1) is 13.5. The van der Waals surface area contributed by atoms with E-state index in [1.807, 2.05) is 35.5 Å². The molecule has 0 fully saturated rings. The second-order valence-corrected chi connectivity index (χ2v) is 5.59. The van der Waals surface area contributed by atoms with Gasteiger partial charge in [0.2, 0.25) is 0 Å². The van der Waals surface area contributed by atoms with Gasteiger partial charge in [-0.25, -0.2) is 14.8 Å². The van der Waals surface area contributed by atoms with Crippen LogP contribution in [-0.2, 0) is 6.54 Å². The van der Waals surface area contributed by atoms with E-state index >= 15 is 0 Å². The normalized spacial score (nSPS) is 10.7. The summed E-state index contributed by atoms with van der Waals surface area (Å²) in [5, 5.41) is 11.9. The van der Waals surface area contributed by atoms with Crippen molar-refractivity contribution in [1.29, 1.82) is 0 Å². The number of thiophene rings is 1. The third kappa shape index (κ3) is 2.71. The minimum absolute atomic E-state index is 0.295. The number of benzene rings is 1. The summed E-state index contributed by atoms with van der Waals surface area (Å²) in [6.45, 7) is 0.655. The molecule has 106 valence electrons. The monoisotopic (exact) mass is 299 g/mol. The van der Waals surface area contributed by atoms with Crippen molar-refractivity contribution in [2.45, 2.75) is 6.54 Å². The number of hydrogen-bond donors (Lipinski definition) is 1. The zero-order valence-corrected chi connectivity index (χ0v) is 12.2.